The lowest BCUT2D eigenvalue weighted by atomic mass is 9.99. The Kier molecular flexibility index (Phi) is 8.84. The number of benzene rings is 3. The van der Waals surface area contributed by atoms with Gasteiger partial charge in [-0.25, -0.2) is 23.1 Å². The molecule has 7 nitrogen and oxygen atoms in total. The Balaban J connectivity index is 1.45. The van der Waals surface area contributed by atoms with Crippen LogP contribution < -0.4 is 10.1 Å². The highest BCUT2D eigenvalue weighted by atomic mass is 19.3. The standard InChI is InChI=1S/C31H32F3N3O4/c1-39-29(37-23-15-17-41-27-8-4-3-6-22(23)27)20-11-14-24-26(18-20)35-25(7-5-16-31(33,34)30(38)40-2)28(36-24)19-9-12-21(32)13-10-19/h3-4,6,8-14,18,23,29-30,37-38H,5,7,15-17H2,1-2H3. The first kappa shape index (κ1) is 28.9. The number of fused-ring (bicyclic) bond motifs is 2. The second-order valence-electron chi connectivity index (χ2n) is 9.99. The van der Waals surface area contributed by atoms with Crippen LogP contribution in [0.1, 0.15) is 48.4 Å². The number of nitrogens with one attached hydrogen (secondary N) is 1. The van der Waals surface area contributed by atoms with Crippen molar-refractivity contribution in [3.63, 3.8) is 0 Å². The van der Waals surface area contributed by atoms with E-state index in [9.17, 15) is 18.3 Å². The Morgan fingerprint density at radius 3 is 2.56 bits per heavy atom. The highest BCUT2D eigenvalue weighted by Gasteiger charge is 2.38. The van der Waals surface area contributed by atoms with Crippen molar-refractivity contribution < 1.29 is 32.5 Å². The monoisotopic (exact) mass is 567 g/mol. The number of rotatable bonds is 11. The summed E-state index contributed by atoms with van der Waals surface area (Å²) in [5, 5.41) is 13.1. The van der Waals surface area contributed by atoms with Crippen LogP contribution in [0.25, 0.3) is 22.3 Å². The molecule has 0 aliphatic carbocycles. The minimum Gasteiger partial charge on any atom is -0.493 e. The summed E-state index contributed by atoms with van der Waals surface area (Å²) in [6.07, 6.45) is -2.29. The lowest BCUT2D eigenvalue weighted by Crippen LogP contribution is -2.34. The summed E-state index contributed by atoms with van der Waals surface area (Å²) in [7, 11) is 2.65. The highest BCUT2D eigenvalue weighted by Crippen LogP contribution is 2.34. The number of aliphatic hydroxyl groups is 1. The molecule has 1 aliphatic heterocycles. The van der Waals surface area contributed by atoms with Gasteiger partial charge in [-0.1, -0.05) is 24.3 Å². The number of aryl methyl sites for hydroxylation is 1. The van der Waals surface area contributed by atoms with Crippen molar-refractivity contribution in [1.82, 2.24) is 15.3 Å². The minimum atomic E-state index is -3.41. The molecule has 2 heterocycles. The van der Waals surface area contributed by atoms with Crippen LogP contribution in [0, 0.1) is 5.82 Å². The van der Waals surface area contributed by atoms with E-state index in [0.717, 1.165) is 30.4 Å². The number of ether oxygens (including phenoxy) is 3. The van der Waals surface area contributed by atoms with Crippen molar-refractivity contribution in [1.29, 1.82) is 0 Å². The van der Waals surface area contributed by atoms with Crippen molar-refractivity contribution >= 4 is 11.0 Å². The van der Waals surface area contributed by atoms with Gasteiger partial charge in [0, 0.05) is 44.2 Å². The van der Waals surface area contributed by atoms with Crippen molar-refractivity contribution in [2.45, 2.75) is 50.2 Å². The summed E-state index contributed by atoms with van der Waals surface area (Å²) in [4.78, 5) is 9.61. The van der Waals surface area contributed by atoms with E-state index < -0.39 is 30.7 Å². The van der Waals surface area contributed by atoms with E-state index in [1.165, 1.54) is 12.1 Å². The zero-order chi connectivity index (χ0) is 29.0. The van der Waals surface area contributed by atoms with Gasteiger partial charge in [-0.05, 0) is 60.9 Å². The first-order valence-corrected chi connectivity index (χ1v) is 13.4. The largest absolute Gasteiger partial charge is 0.493 e. The fourth-order valence-electron chi connectivity index (χ4n) is 5.07. The number of aliphatic hydroxyl groups excluding tert-OH is 1. The average Bonchev–Trinajstić information content (AvgIpc) is 2.99. The molecule has 0 amide bonds. The highest BCUT2D eigenvalue weighted by molar-refractivity contribution is 5.79. The number of nitrogens with zero attached hydrogens (tertiary/aromatic N) is 2. The van der Waals surface area contributed by atoms with Gasteiger partial charge in [0.15, 0.2) is 0 Å². The zero-order valence-electron chi connectivity index (χ0n) is 22.8. The molecule has 4 aromatic rings. The van der Waals surface area contributed by atoms with Crippen LogP contribution in [0.15, 0.2) is 66.7 Å². The first-order chi connectivity index (χ1) is 19.8. The molecule has 2 N–H and O–H groups in total. The number of aromatic nitrogens is 2. The molecule has 0 fully saturated rings. The van der Waals surface area contributed by atoms with E-state index in [0.29, 0.717) is 34.6 Å². The van der Waals surface area contributed by atoms with Crippen molar-refractivity contribution in [2.24, 2.45) is 0 Å². The lowest BCUT2D eigenvalue weighted by molar-refractivity contribution is -0.225. The van der Waals surface area contributed by atoms with Crippen LogP contribution >= 0.6 is 0 Å². The smallest absolute Gasteiger partial charge is 0.297 e. The van der Waals surface area contributed by atoms with E-state index in [-0.39, 0.29) is 18.9 Å². The maximum atomic E-state index is 14.2. The topological polar surface area (TPSA) is 85.7 Å². The molecule has 3 unspecified atom stereocenters. The Morgan fingerprint density at radius 2 is 1.80 bits per heavy atom. The predicted octanol–water partition coefficient (Wildman–Crippen LogP) is 6.12. The first-order valence-electron chi connectivity index (χ1n) is 13.4. The van der Waals surface area contributed by atoms with Crippen LogP contribution in [0.2, 0.25) is 0 Å². The Morgan fingerprint density at radius 1 is 1.02 bits per heavy atom. The molecule has 3 atom stereocenters. The molecule has 41 heavy (non-hydrogen) atoms. The quantitative estimate of drug-likeness (QED) is 0.211. The third kappa shape index (κ3) is 6.51. The second kappa shape index (κ2) is 12.5. The van der Waals surface area contributed by atoms with Crippen molar-refractivity contribution in [2.75, 3.05) is 20.8 Å². The number of halogens is 3. The number of methoxy groups -OCH3 is 2. The van der Waals surface area contributed by atoms with Gasteiger partial charge in [-0.3, -0.25) is 5.32 Å². The van der Waals surface area contributed by atoms with Crippen LogP contribution in [0.3, 0.4) is 0 Å². The normalized spacial score (nSPS) is 16.7. The van der Waals surface area contributed by atoms with Gasteiger partial charge < -0.3 is 19.3 Å². The molecular formula is C31H32F3N3O4. The Bertz CT molecular complexity index is 1490. The van der Waals surface area contributed by atoms with Gasteiger partial charge in [-0.15, -0.1) is 0 Å². The van der Waals surface area contributed by atoms with E-state index >= 15 is 0 Å². The van der Waals surface area contributed by atoms with Crippen molar-refractivity contribution in [3.05, 3.63) is 89.4 Å². The Hall–Kier alpha value is -3.57. The fraction of sp³-hybridized carbons (Fsp3) is 0.355. The zero-order valence-corrected chi connectivity index (χ0v) is 22.8. The number of para-hydroxylation sites is 1. The maximum absolute atomic E-state index is 14.2. The Labute approximate surface area is 236 Å². The molecule has 216 valence electrons. The molecule has 5 rings (SSSR count). The van der Waals surface area contributed by atoms with E-state index in [4.69, 9.17) is 19.4 Å². The molecule has 1 aromatic heterocycles. The van der Waals surface area contributed by atoms with Gasteiger partial charge in [0.2, 0.25) is 6.29 Å². The van der Waals surface area contributed by atoms with Crippen molar-refractivity contribution in [3.8, 4) is 17.0 Å². The average molecular weight is 568 g/mol. The molecule has 10 heteroatoms. The number of hydrogen-bond donors (Lipinski definition) is 2. The number of alkyl halides is 2. The van der Waals surface area contributed by atoms with E-state index in [1.807, 2.05) is 42.5 Å². The summed E-state index contributed by atoms with van der Waals surface area (Å²) < 4.78 is 58.1. The summed E-state index contributed by atoms with van der Waals surface area (Å²) in [5.74, 6) is -2.97. The SMILES string of the molecule is COC(NC1CCOc2ccccc21)c1ccc2nc(-c3ccc(F)cc3)c(CCCC(F)(F)C(O)OC)nc2c1. The lowest BCUT2D eigenvalue weighted by Gasteiger charge is -2.30. The van der Waals surface area contributed by atoms with Gasteiger partial charge >= 0.3 is 0 Å². The van der Waals surface area contributed by atoms with Crippen LogP contribution in [0.5, 0.6) is 5.75 Å². The van der Waals surface area contributed by atoms with E-state index in [1.54, 1.807) is 19.2 Å². The fourth-order valence-corrected chi connectivity index (χ4v) is 5.07. The third-order valence-electron chi connectivity index (χ3n) is 7.24. The van der Waals surface area contributed by atoms with Gasteiger partial charge in [0.1, 0.15) is 17.8 Å². The van der Waals surface area contributed by atoms with Gasteiger partial charge in [-0.2, -0.15) is 0 Å². The molecular weight excluding hydrogens is 535 g/mol. The van der Waals surface area contributed by atoms with Crippen LogP contribution in [-0.4, -0.2) is 48.1 Å². The van der Waals surface area contributed by atoms with Gasteiger partial charge in [0.05, 0.1) is 29.0 Å². The minimum absolute atomic E-state index is 0.0206. The predicted molar refractivity (Wildman–Crippen MR) is 148 cm³/mol. The molecule has 0 saturated carbocycles. The molecule has 3 aromatic carbocycles. The summed E-state index contributed by atoms with van der Waals surface area (Å²) in [6.45, 7) is 0.588. The molecule has 0 saturated heterocycles. The number of hydrogen-bond acceptors (Lipinski definition) is 7. The van der Waals surface area contributed by atoms with Gasteiger partial charge in [0.25, 0.3) is 5.92 Å². The van der Waals surface area contributed by atoms with E-state index in [2.05, 4.69) is 10.1 Å². The van der Waals surface area contributed by atoms with Crippen LogP contribution in [0.4, 0.5) is 13.2 Å². The molecule has 1 aliphatic rings. The van der Waals surface area contributed by atoms with Crippen LogP contribution in [-0.2, 0) is 15.9 Å². The molecule has 0 radical (unpaired) electrons. The summed E-state index contributed by atoms with van der Waals surface area (Å²) in [5.41, 5.74) is 4.66. The maximum Gasteiger partial charge on any atom is 0.297 e. The molecule has 0 bridgehead atoms. The second-order valence-corrected chi connectivity index (χ2v) is 9.99. The summed E-state index contributed by atoms with van der Waals surface area (Å²) >= 11 is 0. The molecule has 0 spiro atoms. The summed E-state index contributed by atoms with van der Waals surface area (Å²) in [6, 6.07) is 19.3. The third-order valence-corrected chi connectivity index (χ3v) is 7.24.